The van der Waals surface area contributed by atoms with Crippen molar-refractivity contribution < 1.29 is 19.1 Å². The van der Waals surface area contributed by atoms with Gasteiger partial charge in [0.1, 0.15) is 16.7 Å². The van der Waals surface area contributed by atoms with Gasteiger partial charge in [-0.25, -0.2) is 9.59 Å². The zero-order valence-electron chi connectivity index (χ0n) is 18.3. The number of hydrogen-bond acceptors (Lipinski definition) is 7. The molecule has 0 aliphatic heterocycles. The summed E-state index contributed by atoms with van der Waals surface area (Å²) in [5, 5.41) is 13.8. The number of ether oxygens (including phenoxy) is 2. The van der Waals surface area contributed by atoms with Crippen molar-refractivity contribution in [1.82, 2.24) is 15.5 Å². The van der Waals surface area contributed by atoms with Gasteiger partial charge in [0, 0.05) is 17.3 Å². The van der Waals surface area contributed by atoms with E-state index in [0.717, 1.165) is 20.7 Å². The number of carbonyl (C=O) groups is 2. The number of alkyl carbamates (subject to hydrolysis) is 1. The molecule has 29 heavy (non-hydrogen) atoms. The summed E-state index contributed by atoms with van der Waals surface area (Å²) in [5.41, 5.74) is 1.11. The van der Waals surface area contributed by atoms with Gasteiger partial charge in [-0.05, 0) is 61.0 Å². The number of carbonyl (C=O) groups excluding carboxylic acids is 2. The minimum atomic E-state index is -0.594. The highest BCUT2D eigenvalue weighted by Crippen LogP contribution is 2.34. The number of nitrogens with zero attached hydrogens (tertiary/aromatic N) is 2. The first kappa shape index (κ1) is 22.9. The van der Waals surface area contributed by atoms with E-state index in [1.807, 2.05) is 34.6 Å². The summed E-state index contributed by atoms with van der Waals surface area (Å²) in [5.74, 6) is 0. The van der Waals surface area contributed by atoms with E-state index >= 15 is 0 Å². The van der Waals surface area contributed by atoms with E-state index in [2.05, 4.69) is 20.8 Å². The first-order valence-electron chi connectivity index (χ1n) is 9.48. The highest BCUT2D eigenvalue weighted by Gasteiger charge is 2.22. The van der Waals surface area contributed by atoms with Gasteiger partial charge >= 0.3 is 12.2 Å². The molecule has 2 amide bonds. The molecule has 0 saturated carbocycles. The number of aryl methyl sites for hydroxylation is 1. The third-order valence-corrected chi connectivity index (χ3v) is 5.03. The van der Waals surface area contributed by atoms with Gasteiger partial charge in [-0.1, -0.05) is 0 Å². The lowest BCUT2D eigenvalue weighted by molar-refractivity contribution is 0.0507. The molecule has 0 radical (unpaired) electrons. The van der Waals surface area contributed by atoms with Gasteiger partial charge in [-0.3, -0.25) is 5.32 Å². The maximum Gasteiger partial charge on any atom is 0.412 e. The summed E-state index contributed by atoms with van der Waals surface area (Å²) in [6.45, 7) is 14.8. The van der Waals surface area contributed by atoms with Crippen molar-refractivity contribution in [3.63, 3.8) is 0 Å². The molecule has 0 spiro atoms. The zero-order valence-corrected chi connectivity index (χ0v) is 19.1. The first-order valence-corrected chi connectivity index (χ1v) is 10.3. The van der Waals surface area contributed by atoms with Crippen molar-refractivity contribution >= 4 is 39.4 Å². The van der Waals surface area contributed by atoms with Crippen molar-refractivity contribution in [2.75, 3.05) is 5.32 Å². The fraction of sp³-hybridized carbons (Fsp3) is 0.600. The lowest BCUT2D eigenvalue weighted by atomic mass is 10.1. The van der Waals surface area contributed by atoms with Crippen LogP contribution in [0.2, 0.25) is 0 Å². The Hall–Kier alpha value is -2.42. The first-order chi connectivity index (χ1) is 13.2. The fourth-order valence-electron chi connectivity index (χ4n) is 2.59. The summed E-state index contributed by atoms with van der Waals surface area (Å²) < 4.78 is 11.5. The zero-order chi connectivity index (χ0) is 22.0. The molecule has 2 N–H and O–H groups in total. The molecular weight excluding hydrogens is 392 g/mol. The molecule has 2 aromatic rings. The van der Waals surface area contributed by atoms with E-state index in [1.165, 1.54) is 17.5 Å². The van der Waals surface area contributed by atoms with Crippen LogP contribution in [0.5, 0.6) is 0 Å². The number of fused-ring (bicyclic) bond motifs is 1. The van der Waals surface area contributed by atoms with Gasteiger partial charge in [0.05, 0.1) is 16.6 Å². The van der Waals surface area contributed by atoms with Crippen molar-refractivity contribution in [1.29, 1.82) is 0 Å². The summed E-state index contributed by atoms with van der Waals surface area (Å²) in [6.07, 6.45) is 1.13. The Bertz CT molecular complexity index is 896. The predicted molar refractivity (Wildman–Crippen MR) is 115 cm³/mol. The molecule has 8 nitrogen and oxygen atoms in total. The molecule has 0 fully saturated rings. The van der Waals surface area contributed by atoms with E-state index in [0.29, 0.717) is 12.1 Å². The van der Waals surface area contributed by atoms with Crippen LogP contribution in [0.4, 0.5) is 15.3 Å². The number of thiophene rings is 1. The Labute approximate surface area is 175 Å². The van der Waals surface area contributed by atoms with Gasteiger partial charge in [0.2, 0.25) is 0 Å². The van der Waals surface area contributed by atoms with Crippen molar-refractivity contribution in [3.05, 3.63) is 16.6 Å². The summed E-state index contributed by atoms with van der Waals surface area (Å²) >= 11 is 1.51. The normalized spacial score (nSPS) is 13.1. The molecule has 1 atom stereocenters. The molecule has 0 aromatic carbocycles. The average Bonchev–Trinajstić information content (AvgIpc) is 2.81. The lowest BCUT2D eigenvalue weighted by Gasteiger charge is -2.21. The molecule has 2 heterocycles. The highest BCUT2D eigenvalue weighted by atomic mass is 32.1. The molecule has 0 aliphatic rings. The monoisotopic (exact) mass is 422 g/mol. The van der Waals surface area contributed by atoms with Gasteiger partial charge in [-0.2, -0.15) is 5.10 Å². The predicted octanol–water partition coefficient (Wildman–Crippen LogP) is 4.80. The smallest absolute Gasteiger partial charge is 0.412 e. The summed E-state index contributed by atoms with van der Waals surface area (Å²) in [4.78, 5) is 25.2. The maximum absolute atomic E-state index is 12.1. The van der Waals surface area contributed by atoms with Crippen LogP contribution in [0.3, 0.4) is 0 Å². The summed E-state index contributed by atoms with van der Waals surface area (Å²) in [6, 6.07) is -0.133. The van der Waals surface area contributed by atoms with Crippen LogP contribution in [-0.4, -0.2) is 39.6 Å². The van der Waals surface area contributed by atoms with Crippen LogP contribution < -0.4 is 10.6 Å². The van der Waals surface area contributed by atoms with Gasteiger partial charge in [0.25, 0.3) is 0 Å². The van der Waals surface area contributed by atoms with E-state index in [1.54, 1.807) is 20.8 Å². The fourth-order valence-corrected chi connectivity index (χ4v) is 3.93. The number of nitrogens with one attached hydrogen (secondary N) is 2. The molecule has 160 valence electrons. The minimum absolute atomic E-state index is 0.133. The third-order valence-electron chi connectivity index (χ3n) is 3.69. The van der Waals surface area contributed by atoms with Crippen molar-refractivity contribution in [2.45, 2.75) is 79.1 Å². The third kappa shape index (κ3) is 6.85. The van der Waals surface area contributed by atoms with Gasteiger partial charge in [0.15, 0.2) is 0 Å². The molecule has 0 unspecified atom stereocenters. The Balaban J connectivity index is 2.16. The highest BCUT2D eigenvalue weighted by molar-refractivity contribution is 7.19. The van der Waals surface area contributed by atoms with Crippen molar-refractivity contribution in [2.24, 2.45) is 0 Å². The van der Waals surface area contributed by atoms with Crippen LogP contribution in [0, 0.1) is 6.92 Å². The van der Waals surface area contributed by atoms with E-state index < -0.39 is 23.4 Å². The van der Waals surface area contributed by atoms with Crippen LogP contribution in [0.1, 0.15) is 58.9 Å². The van der Waals surface area contributed by atoms with Crippen molar-refractivity contribution in [3.8, 4) is 0 Å². The molecule has 0 aliphatic carbocycles. The molecule has 9 heteroatoms. The lowest BCUT2D eigenvalue weighted by Crippen LogP contribution is -2.38. The van der Waals surface area contributed by atoms with Crippen LogP contribution in [0.25, 0.3) is 10.2 Å². The number of rotatable bonds is 4. The SMILES string of the molecule is Cc1c(C[C@H](C)NC(=O)OC(C)(C)C)sc2c(NC(=O)OC(C)(C)C)cnnc12. The Morgan fingerprint density at radius 3 is 2.28 bits per heavy atom. The second-order valence-corrected chi connectivity index (χ2v) is 10.1. The largest absolute Gasteiger partial charge is 0.444 e. The van der Waals surface area contributed by atoms with Crippen LogP contribution in [-0.2, 0) is 15.9 Å². The number of hydrogen-bond donors (Lipinski definition) is 2. The molecule has 0 bridgehead atoms. The summed E-state index contributed by atoms with van der Waals surface area (Å²) in [7, 11) is 0. The van der Waals surface area contributed by atoms with E-state index in [4.69, 9.17) is 9.47 Å². The second kappa shape index (κ2) is 8.52. The standard InChI is InChI=1S/C20H30N4O4S/c1-11(22-17(25)27-19(3,4)5)9-14-12(2)15-16(29-14)13(10-21-24-15)23-18(26)28-20(6,7)8/h10-11H,9H2,1-8H3,(H,22,25)(H,23,24,26)/t11-/m0/s1. The Kier molecular flexibility index (Phi) is 6.72. The van der Waals surface area contributed by atoms with E-state index in [-0.39, 0.29) is 6.04 Å². The number of aromatic nitrogens is 2. The number of anilines is 1. The Morgan fingerprint density at radius 1 is 1.10 bits per heavy atom. The topological polar surface area (TPSA) is 102 Å². The molecule has 0 saturated heterocycles. The van der Waals surface area contributed by atoms with Gasteiger partial charge < -0.3 is 14.8 Å². The molecule has 2 rings (SSSR count). The van der Waals surface area contributed by atoms with Crippen LogP contribution in [0.15, 0.2) is 6.20 Å². The van der Waals surface area contributed by atoms with Crippen LogP contribution >= 0.6 is 11.3 Å². The van der Waals surface area contributed by atoms with E-state index in [9.17, 15) is 9.59 Å². The number of amides is 2. The minimum Gasteiger partial charge on any atom is -0.444 e. The van der Waals surface area contributed by atoms with Gasteiger partial charge in [-0.15, -0.1) is 16.4 Å². The molecule has 2 aromatic heterocycles. The second-order valence-electron chi connectivity index (χ2n) is 8.96. The average molecular weight is 423 g/mol. The molecular formula is C20H30N4O4S. The quantitative estimate of drug-likeness (QED) is 0.733. The Morgan fingerprint density at radius 2 is 1.69 bits per heavy atom. The maximum atomic E-state index is 12.1.